The number of aromatic nitrogens is 1. The standard InChI is InChI=1S/C28H40N2O3/c1-19-15-24-23(11-10-21(3)28(24,32)16-25(19)33-22(4)31)20(2)17-30-14-8-12-27(5,18-30)26-9-6-7-13-29-26/h6-7,9,13,15,20-21,23-25,32H,8,10-12,14,17-18H2,1-5H3/t20-,21-,23+,24-,25-,27?,28-/m1/s1. The number of likely N-dealkylation sites (tertiary alicyclic amines) is 1. The first-order valence-corrected chi connectivity index (χ1v) is 12.6. The van der Waals surface area contributed by atoms with Crippen LogP contribution in [-0.4, -0.2) is 52.3 Å². The van der Waals surface area contributed by atoms with E-state index in [-0.39, 0.29) is 23.2 Å². The predicted octanol–water partition coefficient (Wildman–Crippen LogP) is 4.44. The summed E-state index contributed by atoms with van der Waals surface area (Å²) in [5, 5.41) is 11.7. The number of esters is 1. The average Bonchev–Trinajstić information content (AvgIpc) is 2.76. The van der Waals surface area contributed by atoms with Crippen LogP contribution >= 0.6 is 0 Å². The molecular weight excluding hydrogens is 412 g/mol. The minimum Gasteiger partial charge on any atom is -0.457 e. The highest BCUT2D eigenvalue weighted by Gasteiger charge is 2.53. The summed E-state index contributed by atoms with van der Waals surface area (Å²) in [7, 11) is 0. The summed E-state index contributed by atoms with van der Waals surface area (Å²) in [4.78, 5) is 18.9. The van der Waals surface area contributed by atoms with E-state index in [1.165, 1.54) is 25.5 Å². The molecule has 0 spiro atoms. The summed E-state index contributed by atoms with van der Waals surface area (Å²) >= 11 is 0. The Morgan fingerprint density at radius 1 is 1.39 bits per heavy atom. The third kappa shape index (κ3) is 4.90. The van der Waals surface area contributed by atoms with Gasteiger partial charge in [0, 0.05) is 43.2 Å². The van der Waals surface area contributed by atoms with Gasteiger partial charge in [0.2, 0.25) is 0 Å². The minimum absolute atomic E-state index is 0.00928. The largest absolute Gasteiger partial charge is 0.457 e. The molecule has 7 atom stereocenters. The molecule has 5 heteroatoms. The maximum Gasteiger partial charge on any atom is 0.303 e. The number of rotatable bonds is 5. The fraction of sp³-hybridized carbons (Fsp3) is 0.679. The molecule has 33 heavy (non-hydrogen) atoms. The lowest BCUT2D eigenvalue weighted by Gasteiger charge is -2.53. The van der Waals surface area contributed by atoms with Crippen LogP contribution in [0.15, 0.2) is 36.0 Å². The molecule has 2 aliphatic carbocycles. The summed E-state index contributed by atoms with van der Waals surface area (Å²) < 4.78 is 5.46. The van der Waals surface area contributed by atoms with Crippen LogP contribution in [0.2, 0.25) is 0 Å². The molecule has 2 radical (unpaired) electrons. The van der Waals surface area contributed by atoms with Crippen LogP contribution < -0.4 is 0 Å². The summed E-state index contributed by atoms with van der Waals surface area (Å²) in [6, 6.07) is 6.24. The first kappa shape index (κ1) is 24.4. The molecule has 2 heterocycles. The number of piperidine rings is 1. The second kappa shape index (κ2) is 9.50. The van der Waals surface area contributed by atoms with Crippen LogP contribution in [0, 0.1) is 30.1 Å². The third-order valence-electron chi connectivity index (χ3n) is 8.49. The number of aliphatic hydroxyl groups is 1. The van der Waals surface area contributed by atoms with Crippen molar-refractivity contribution < 1.29 is 14.6 Å². The van der Waals surface area contributed by atoms with Crippen molar-refractivity contribution in [2.24, 2.45) is 23.7 Å². The number of hydrogen-bond donors (Lipinski definition) is 1. The maximum absolute atomic E-state index is 11.7. The van der Waals surface area contributed by atoms with Gasteiger partial charge >= 0.3 is 5.97 Å². The molecular formula is C28H40N2O3. The SMILES string of the molecule is CC(=O)O[C@@H]1[C][C@@]2(O)[C@H](C)CC[C@@H]([C@H](C)CN3CCCC(C)(c4ccccn4)C3)[C@H]2C=C1C. The number of carbonyl (C=O) groups is 1. The second-order valence-corrected chi connectivity index (χ2v) is 11.1. The van der Waals surface area contributed by atoms with E-state index in [1.54, 1.807) is 0 Å². The van der Waals surface area contributed by atoms with E-state index in [4.69, 9.17) is 4.74 Å². The third-order valence-corrected chi connectivity index (χ3v) is 8.49. The van der Waals surface area contributed by atoms with Crippen molar-refractivity contribution in [1.82, 2.24) is 9.88 Å². The first-order valence-electron chi connectivity index (χ1n) is 12.6. The molecule has 3 aliphatic rings. The molecule has 5 nitrogen and oxygen atoms in total. The number of hydrogen-bond acceptors (Lipinski definition) is 5. The van der Waals surface area contributed by atoms with Gasteiger partial charge in [0.15, 0.2) is 0 Å². The summed E-state index contributed by atoms with van der Waals surface area (Å²) in [6.45, 7) is 13.4. The van der Waals surface area contributed by atoms with Gasteiger partial charge in [-0.25, -0.2) is 0 Å². The normalized spacial score (nSPS) is 38.2. The minimum atomic E-state index is -1.05. The van der Waals surface area contributed by atoms with Gasteiger partial charge in [0.25, 0.3) is 0 Å². The van der Waals surface area contributed by atoms with Crippen LogP contribution in [0.3, 0.4) is 0 Å². The Hall–Kier alpha value is -1.72. The Bertz CT molecular complexity index is 871. The van der Waals surface area contributed by atoms with Gasteiger partial charge < -0.3 is 14.7 Å². The zero-order chi connectivity index (χ0) is 23.8. The van der Waals surface area contributed by atoms with Crippen LogP contribution in [-0.2, 0) is 14.9 Å². The van der Waals surface area contributed by atoms with Crippen LogP contribution in [0.1, 0.15) is 66.0 Å². The molecule has 1 unspecified atom stereocenters. The molecule has 2 fully saturated rings. The zero-order valence-electron chi connectivity index (χ0n) is 20.9. The molecule has 0 aromatic carbocycles. The number of pyridine rings is 1. The Morgan fingerprint density at radius 2 is 2.18 bits per heavy atom. The fourth-order valence-electron chi connectivity index (χ4n) is 6.58. The van der Waals surface area contributed by atoms with E-state index in [0.29, 0.717) is 11.8 Å². The van der Waals surface area contributed by atoms with Crippen LogP contribution in [0.25, 0.3) is 0 Å². The van der Waals surface area contributed by atoms with Gasteiger partial charge in [0.05, 0.1) is 12.0 Å². The highest BCUT2D eigenvalue weighted by atomic mass is 16.5. The van der Waals surface area contributed by atoms with Crippen molar-refractivity contribution in [1.29, 1.82) is 0 Å². The number of fused-ring (bicyclic) bond motifs is 1. The van der Waals surface area contributed by atoms with Crippen molar-refractivity contribution in [3.8, 4) is 0 Å². The van der Waals surface area contributed by atoms with Gasteiger partial charge in [-0.1, -0.05) is 32.9 Å². The van der Waals surface area contributed by atoms with E-state index >= 15 is 0 Å². The molecule has 1 N–H and O–H groups in total. The van der Waals surface area contributed by atoms with Gasteiger partial charge in [-0.2, -0.15) is 0 Å². The van der Waals surface area contributed by atoms with Gasteiger partial charge in [0.1, 0.15) is 6.10 Å². The fourth-order valence-corrected chi connectivity index (χ4v) is 6.58. The lowest BCUT2D eigenvalue weighted by atomic mass is 9.57. The van der Waals surface area contributed by atoms with Crippen molar-refractivity contribution in [2.75, 3.05) is 19.6 Å². The molecule has 1 aliphatic heterocycles. The van der Waals surface area contributed by atoms with Gasteiger partial charge in [-0.3, -0.25) is 9.78 Å². The molecule has 180 valence electrons. The lowest BCUT2D eigenvalue weighted by Crippen LogP contribution is -2.57. The monoisotopic (exact) mass is 452 g/mol. The van der Waals surface area contributed by atoms with Gasteiger partial charge in [-0.05, 0) is 74.6 Å². The van der Waals surface area contributed by atoms with E-state index in [9.17, 15) is 9.90 Å². The second-order valence-electron chi connectivity index (χ2n) is 11.1. The quantitative estimate of drug-likeness (QED) is 0.529. The molecule has 0 bridgehead atoms. The number of ether oxygens (including phenoxy) is 1. The summed E-state index contributed by atoms with van der Waals surface area (Å²) in [6.07, 6.45) is 11.2. The Balaban J connectivity index is 1.49. The van der Waals surface area contributed by atoms with E-state index in [1.807, 2.05) is 19.2 Å². The first-order chi connectivity index (χ1) is 15.6. The van der Waals surface area contributed by atoms with Crippen molar-refractivity contribution >= 4 is 5.97 Å². The summed E-state index contributed by atoms with van der Waals surface area (Å²) in [5.74, 6) is 0.578. The Kier molecular flexibility index (Phi) is 7.02. The van der Waals surface area contributed by atoms with Crippen LogP contribution in [0.4, 0.5) is 0 Å². The summed E-state index contributed by atoms with van der Waals surface area (Å²) in [5.41, 5.74) is 1.20. The van der Waals surface area contributed by atoms with E-state index in [2.05, 4.69) is 55.3 Å². The molecule has 4 rings (SSSR count). The Labute approximate surface area is 199 Å². The predicted molar refractivity (Wildman–Crippen MR) is 129 cm³/mol. The van der Waals surface area contributed by atoms with Crippen molar-refractivity contribution in [3.63, 3.8) is 0 Å². The molecule has 1 aromatic heterocycles. The van der Waals surface area contributed by atoms with E-state index in [0.717, 1.165) is 38.0 Å². The van der Waals surface area contributed by atoms with Crippen molar-refractivity contribution in [3.05, 3.63) is 48.2 Å². The molecule has 0 amide bonds. The molecule has 1 saturated carbocycles. The van der Waals surface area contributed by atoms with Gasteiger partial charge in [-0.15, -0.1) is 0 Å². The number of nitrogens with zero attached hydrogens (tertiary/aromatic N) is 2. The average molecular weight is 453 g/mol. The molecule has 1 saturated heterocycles. The highest BCUT2D eigenvalue weighted by Crippen LogP contribution is 2.51. The zero-order valence-corrected chi connectivity index (χ0v) is 20.9. The maximum atomic E-state index is 11.7. The smallest absolute Gasteiger partial charge is 0.303 e. The van der Waals surface area contributed by atoms with E-state index < -0.39 is 11.7 Å². The van der Waals surface area contributed by atoms with Crippen molar-refractivity contribution in [2.45, 2.75) is 77.4 Å². The lowest BCUT2D eigenvalue weighted by molar-refractivity contribution is -0.148. The highest BCUT2D eigenvalue weighted by molar-refractivity contribution is 5.66. The topological polar surface area (TPSA) is 62.7 Å². The van der Waals surface area contributed by atoms with Crippen LogP contribution in [0.5, 0.6) is 0 Å². The molecule has 1 aromatic rings. The number of carbonyl (C=O) groups excluding carboxylic acids is 1. The Morgan fingerprint density at radius 3 is 2.88 bits per heavy atom.